The van der Waals surface area contributed by atoms with E-state index in [4.69, 9.17) is 0 Å². The Balaban J connectivity index is 2.70. The predicted octanol–water partition coefficient (Wildman–Crippen LogP) is 3.81. The molecule has 0 atom stereocenters. The van der Waals surface area contributed by atoms with Crippen LogP contribution >= 0.6 is 15.9 Å². The first kappa shape index (κ1) is 15.6. The van der Waals surface area contributed by atoms with Crippen LogP contribution in [0.25, 0.3) is 11.4 Å². The van der Waals surface area contributed by atoms with Crippen LogP contribution in [0.4, 0.5) is 5.69 Å². The van der Waals surface area contributed by atoms with Gasteiger partial charge in [-0.2, -0.15) is 0 Å². The molecule has 0 aliphatic rings. The van der Waals surface area contributed by atoms with Crippen LogP contribution in [0.1, 0.15) is 32.2 Å². The molecule has 0 bridgehead atoms. The molecule has 2 aromatic rings. The number of rotatable bonds is 3. The summed E-state index contributed by atoms with van der Waals surface area (Å²) < 4.78 is 2.01. The van der Waals surface area contributed by atoms with E-state index >= 15 is 0 Å². The zero-order chi connectivity index (χ0) is 15.8. The number of hydrogen-bond acceptors (Lipinski definition) is 4. The van der Waals surface area contributed by atoms with E-state index in [9.17, 15) is 10.1 Å². The van der Waals surface area contributed by atoms with Crippen LogP contribution in [0.5, 0.6) is 0 Å². The Kier molecular flexibility index (Phi) is 4.13. The lowest BCUT2D eigenvalue weighted by molar-refractivity contribution is -0.384. The SMILES string of the molecule is Cc1ccc([N+](=O)[O-])cc1-c1nnc(CBr)n1C(C)(C)C. The van der Waals surface area contributed by atoms with Crippen molar-refractivity contribution in [2.45, 2.75) is 38.6 Å². The number of benzene rings is 1. The summed E-state index contributed by atoms with van der Waals surface area (Å²) in [6, 6.07) is 4.80. The number of nitrogens with zero attached hydrogens (tertiary/aromatic N) is 4. The Morgan fingerprint density at radius 1 is 1.33 bits per heavy atom. The van der Waals surface area contributed by atoms with Gasteiger partial charge in [0.25, 0.3) is 5.69 Å². The fourth-order valence-electron chi connectivity index (χ4n) is 2.25. The Morgan fingerprint density at radius 3 is 2.52 bits per heavy atom. The number of alkyl halides is 1. The zero-order valence-corrected chi connectivity index (χ0v) is 14.0. The summed E-state index contributed by atoms with van der Waals surface area (Å²) in [6.07, 6.45) is 0. The summed E-state index contributed by atoms with van der Waals surface area (Å²) in [5.41, 5.74) is 1.50. The van der Waals surface area contributed by atoms with Crippen molar-refractivity contribution in [2.75, 3.05) is 0 Å². The minimum absolute atomic E-state index is 0.0550. The van der Waals surface area contributed by atoms with Gasteiger partial charge in [-0.3, -0.25) is 10.1 Å². The van der Waals surface area contributed by atoms with E-state index in [1.54, 1.807) is 12.1 Å². The van der Waals surface area contributed by atoms with Crippen LogP contribution in [-0.4, -0.2) is 19.7 Å². The molecular formula is C14H17BrN4O2. The Hall–Kier alpha value is -1.76. The third-order valence-electron chi connectivity index (χ3n) is 3.19. The summed E-state index contributed by atoms with van der Waals surface area (Å²) in [4.78, 5) is 10.6. The standard InChI is InChI=1S/C14H17BrN4O2/c1-9-5-6-10(19(20)21)7-11(9)13-17-16-12(8-15)18(13)14(2,3)4/h5-7H,8H2,1-4H3. The van der Waals surface area contributed by atoms with Crippen molar-refractivity contribution >= 4 is 21.6 Å². The molecule has 21 heavy (non-hydrogen) atoms. The average Bonchev–Trinajstić information content (AvgIpc) is 2.82. The molecule has 0 radical (unpaired) electrons. The molecule has 0 amide bonds. The maximum absolute atomic E-state index is 11.0. The zero-order valence-electron chi connectivity index (χ0n) is 12.4. The van der Waals surface area contributed by atoms with Gasteiger partial charge in [-0.05, 0) is 33.3 Å². The van der Waals surface area contributed by atoms with Crippen molar-refractivity contribution < 1.29 is 4.92 Å². The van der Waals surface area contributed by atoms with Gasteiger partial charge in [-0.1, -0.05) is 22.0 Å². The normalized spacial score (nSPS) is 11.7. The van der Waals surface area contributed by atoms with Crippen molar-refractivity contribution in [3.05, 3.63) is 39.7 Å². The number of halogens is 1. The van der Waals surface area contributed by atoms with Gasteiger partial charge in [0, 0.05) is 23.2 Å². The van der Waals surface area contributed by atoms with Gasteiger partial charge in [0.05, 0.1) is 10.3 Å². The number of aryl methyl sites for hydroxylation is 1. The Bertz CT molecular complexity index is 689. The number of non-ortho nitro benzene ring substituents is 1. The predicted molar refractivity (Wildman–Crippen MR) is 84.5 cm³/mol. The van der Waals surface area contributed by atoms with Gasteiger partial charge in [0.2, 0.25) is 0 Å². The fourth-order valence-corrected chi connectivity index (χ4v) is 2.61. The molecule has 0 fully saturated rings. The molecule has 1 aromatic carbocycles. The maximum atomic E-state index is 11.0. The quantitative estimate of drug-likeness (QED) is 0.478. The van der Waals surface area contributed by atoms with Gasteiger partial charge < -0.3 is 4.57 Å². The Morgan fingerprint density at radius 2 is 2.00 bits per heavy atom. The molecule has 0 N–H and O–H groups in total. The van der Waals surface area contributed by atoms with Crippen molar-refractivity contribution in [3.8, 4) is 11.4 Å². The van der Waals surface area contributed by atoms with Crippen molar-refractivity contribution in [3.63, 3.8) is 0 Å². The molecule has 0 unspecified atom stereocenters. The first-order valence-electron chi connectivity index (χ1n) is 6.52. The van der Waals surface area contributed by atoms with Gasteiger partial charge in [-0.15, -0.1) is 10.2 Å². The second-order valence-electron chi connectivity index (χ2n) is 5.84. The molecule has 112 valence electrons. The van der Waals surface area contributed by atoms with Crippen LogP contribution in [0.3, 0.4) is 0 Å². The molecule has 0 saturated carbocycles. The Labute approximate surface area is 131 Å². The smallest absolute Gasteiger partial charge is 0.270 e. The van der Waals surface area contributed by atoms with E-state index in [2.05, 4.69) is 46.9 Å². The minimum atomic E-state index is -0.397. The highest BCUT2D eigenvalue weighted by molar-refractivity contribution is 9.08. The van der Waals surface area contributed by atoms with Gasteiger partial charge in [0.15, 0.2) is 5.82 Å². The highest BCUT2D eigenvalue weighted by Gasteiger charge is 2.25. The van der Waals surface area contributed by atoms with E-state index < -0.39 is 4.92 Å². The molecule has 0 aliphatic carbocycles. The lowest BCUT2D eigenvalue weighted by Crippen LogP contribution is -2.25. The largest absolute Gasteiger partial charge is 0.305 e. The van der Waals surface area contributed by atoms with Crippen LogP contribution < -0.4 is 0 Å². The molecule has 0 spiro atoms. The molecule has 0 saturated heterocycles. The lowest BCUT2D eigenvalue weighted by atomic mass is 10.0. The molecule has 7 heteroatoms. The van der Waals surface area contributed by atoms with E-state index in [1.165, 1.54) is 6.07 Å². The van der Waals surface area contributed by atoms with Crippen LogP contribution in [-0.2, 0) is 10.9 Å². The second kappa shape index (κ2) is 5.55. The number of nitro groups is 1. The number of hydrogen-bond donors (Lipinski definition) is 0. The average molecular weight is 353 g/mol. The van der Waals surface area contributed by atoms with Crippen molar-refractivity contribution in [2.24, 2.45) is 0 Å². The molecule has 6 nitrogen and oxygen atoms in total. The van der Waals surface area contributed by atoms with E-state index in [1.807, 2.05) is 11.5 Å². The molecule has 1 heterocycles. The third kappa shape index (κ3) is 2.97. The molecule has 1 aromatic heterocycles. The van der Waals surface area contributed by atoms with Crippen molar-refractivity contribution in [1.82, 2.24) is 14.8 Å². The fraction of sp³-hybridized carbons (Fsp3) is 0.429. The summed E-state index contributed by atoms with van der Waals surface area (Å²) >= 11 is 3.41. The van der Waals surface area contributed by atoms with E-state index in [-0.39, 0.29) is 11.2 Å². The monoisotopic (exact) mass is 352 g/mol. The van der Waals surface area contributed by atoms with Gasteiger partial charge >= 0.3 is 0 Å². The summed E-state index contributed by atoms with van der Waals surface area (Å²) in [5.74, 6) is 1.45. The first-order valence-corrected chi connectivity index (χ1v) is 7.64. The van der Waals surface area contributed by atoms with E-state index in [0.717, 1.165) is 17.0 Å². The molecule has 2 rings (SSSR count). The lowest BCUT2D eigenvalue weighted by Gasteiger charge is -2.25. The van der Waals surface area contributed by atoms with Crippen LogP contribution in [0, 0.1) is 17.0 Å². The van der Waals surface area contributed by atoms with Crippen molar-refractivity contribution in [1.29, 1.82) is 0 Å². The summed E-state index contributed by atoms with van der Waals surface area (Å²) in [6.45, 7) is 8.07. The van der Waals surface area contributed by atoms with Gasteiger partial charge in [0.1, 0.15) is 5.82 Å². The highest BCUT2D eigenvalue weighted by Crippen LogP contribution is 2.31. The minimum Gasteiger partial charge on any atom is -0.305 e. The van der Waals surface area contributed by atoms with Crippen LogP contribution in [0.2, 0.25) is 0 Å². The number of nitro benzene ring substituents is 1. The first-order chi connectivity index (χ1) is 9.75. The van der Waals surface area contributed by atoms with Crippen LogP contribution in [0.15, 0.2) is 18.2 Å². The topological polar surface area (TPSA) is 73.8 Å². The van der Waals surface area contributed by atoms with Gasteiger partial charge in [-0.25, -0.2) is 0 Å². The third-order valence-corrected chi connectivity index (χ3v) is 3.69. The summed E-state index contributed by atoms with van der Waals surface area (Å²) in [5, 5.41) is 20.0. The maximum Gasteiger partial charge on any atom is 0.270 e. The summed E-state index contributed by atoms with van der Waals surface area (Å²) in [7, 11) is 0. The highest BCUT2D eigenvalue weighted by atomic mass is 79.9. The molecular weight excluding hydrogens is 336 g/mol. The molecule has 0 aliphatic heterocycles. The number of aromatic nitrogens is 3. The second-order valence-corrected chi connectivity index (χ2v) is 6.40. The van der Waals surface area contributed by atoms with E-state index in [0.29, 0.717) is 11.2 Å².